The Kier molecular flexibility index (Phi) is 3.95. The summed E-state index contributed by atoms with van der Waals surface area (Å²) in [6, 6.07) is 0. The number of terminal acetylenes is 1. The monoisotopic (exact) mass is 342 g/mol. The van der Waals surface area contributed by atoms with Crippen LogP contribution >= 0.6 is 0 Å². The summed E-state index contributed by atoms with van der Waals surface area (Å²) >= 11 is 0. The topological polar surface area (TPSA) is 40.5 Å². The Hall–Kier alpha value is -0.780. The van der Waals surface area contributed by atoms with Crippen LogP contribution in [0.2, 0.25) is 0 Å². The third-order valence-corrected chi connectivity index (χ3v) is 9.05. The van der Waals surface area contributed by atoms with E-state index in [2.05, 4.69) is 25.8 Å². The van der Waals surface area contributed by atoms with Gasteiger partial charge in [0.25, 0.3) is 0 Å². The maximum Gasteiger partial charge on any atom is 0.125 e. The van der Waals surface area contributed by atoms with E-state index in [1.54, 1.807) is 0 Å². The summed E-state index contributed by atoms with van der Waals surface area (Å²) in [6.45, 7) is 6.72. The standard InChI is InChI=1S/C23H34O2/c1-5-23(4,25)20-9-8-18-17-7-6-15-14-16(24)10-12-21(15,2)19(17)11-13-22(18,20)3/h1,6,16-20,24-25H,7-14H2,2-4H3/t16-,17-,18-,19-,20-,21-,22-,23-/m0/s1. The number of rotatable bonds is 1. The molecule has 0 aromatic heterocycles. The fourth-order valence-electron chi connectivity index (χ4n) is 7.67. The van der Waals surface area contributed by atoms with Gasteiger partial charge in [-0.05, 0) is 86.9 Å². The molecular weight excluding hydrogens is 308 g/mol. The van der Waals surface area contributed by atoms with Crippen molar-refractivity contribution in [1.82, 2.24) is 0 Å². The van der Waals surface area contributed by atoms with Crippen molar-refractivity contribution < 1.29 is 10.2 Å². The van der Waals surface area contributed by atoms with E-state index in [9.17, 15) is 10.2 Å². The zero-order valence-corrected chi connectivity index (χ0v) is 16.1. The highest BCUT2D eigenvalue weighted by Gasteiger charge is 2.61. The van der Waals surface area contributed by atoms with Crippen molar-refractivity contribution >= 4 is 0 Å². The third-order valence-electron chi connectivity index (χ3n) is 9.05. The van der Waals surface area contributed by atoms with Crippen LogP contribution in [0.4, 0.5) is 0 Å². The van der Waals surface area contributed by atoms with Crippen molar-refractivity contribution in [2.24, 2.45) is 34.5 Å². The quantitative estimate of drug-likeness (QED) is 0.551. The molecule has 4 rings (SSSR count). The smallest absolute Gasteiger partial charge is 0.125 e. The van der Waals surface area contributed by atoms with E-state index in [1.165, 1.54) is 24.8 Å². The van der Waals surface area contributed by atoms with Gasteiger partial charge in [0.2, 0.25) is 0 Å². The summed E-state index contributed by atoms with van der Waals surface area (Å²) in [5.41, 5.74) is 1.01. The van der Waals surface area contributed by atoms with Gasteiger partial charge in [0.15, 0.2) is 0 Å². The third kappa shape index (κ3) is 2.38. The molecule has 25 heavy (non-hydrogen) atoms. The van der Waals surface area contributed by atoms with E-state index in [0.29, 0.717) is 5.92 Å². The van der Waals surface area contributed by atoms with Gasteiger partial charge in [-0.2, -0.15) is 0 Å². The molecule has 0 aromatic rings. The first-order valence-corrected chi connectivity index (χ1v) is 10.3. The molecule has 0 spiro atoms. The first-order chi connectivity index (χ1) is 11.7. The van der Waals surface area contributed by atoms with Crippen LogP contribution in [0, 0.1) is 46.8 Å². The number of aliphatic hydroxyl groups excluding tert-OH is 1. The maximum absolute atomic E-state index is 10.8. The lowest BCUT2D eigenvalue weighted by Gasteiger charge is -2.58. The van der Waals surface area contributed by atoms with Crippen LogP contribution in [-0.2, 0) is 0 Å². The molecule has 0 saturated heterocycles. The number of aliphatic hydroxyl groups is 2. The van der Waals surface area contributed by atoms with Gasteiger partial charge in [0, 0.05) is 5.92 Å². The van der Waals surface area contributed by atoms with Crippen molar-refractivity contribution in [2.45, 2.75) is 83.8 Å². The fraction of sp³-hybridized carbons (Fsp3) is 0.826. The van der Waals surface area contributed by atoms with Crippen molar-refractivity contribution in [1.29, 1.82) is 0 Å². The van der Waals surface area contributed by atoms with Crippen LogP contribution in [0.5, 0.6) is 0 Å². The van der Waals surface area contributed by atoms with E-state index in [1.807, 2.05) is 6.92 Å². The molecule has 0 aliphatic heterocycles. The minimum atomic E-state index is -0.981. The highest BCUT2D eigenvalue weighted by atomic mass is 16.3. The van der Waals surface area contributed by atoms with Crippen molar-refractivity contribution in [3.05, 3.63) is 11.6 Å². The Morgan fingerprint density at radius 2 is 1.92 bits per heavy atom. The van der Waals surface area contributed by atoms with Gasteiger partial charge >= 0.3 is 0 Å². The Bertz CT molecular complexity index is 626. The molecule has 8 atom stereocenters. The molecule has 0 amide bonds. The molecule has 0 aromatic carbocycles. The molecule has 2 nitrogen and oxygen atoms in total. The first kappa shape index (κ1) is 17.6. The summed E-state index contributed by atoms with van der Waals surface area (Å²) in [6.07, 6.45) is 16.9. The fourth-order valence-corrected chi connectivity index (χ4v) is 7.67. The molecule has 3 saturated carbocycles. The second-order valence-corrected chi connectivity index (χ2v) is 10.1. The predicted octanol–water partition coefficient (Wildman–Crippen LogP) is 4.31. The highest BCUT2D eigenvalue weighted by Crippen LogP contribution is 2.67. The van der Waals surface area contributed by atoms with Gasteiger partial charge in [-0.3, -0.25) is 0 Å². The molecule has 0 bridgehead atoms. The van der Waals surface area contributed by atoms with Crippen molar-refractivity contribution in [2.75, 3.05) is 0 Å². The normalized spacial score (nSPS) is 51.4. The minimum absolute atomic E-state index is 0.133. The summed E-state index contributed by atoms with van der Waals surface area (Å²) in [4.78, 5) is 0. The Labute approximate surface area is 153 Å². The minimum Gasteiger partial charge on any atom is -0.393 e. The molecule has 3 fully saturated rings. The predicted molar refractivity (Wildman–Crippen MR) is 101 cm³/mol. The first-order valence-electron chi connectivity index (χ1n) is 10.3. The van der Waals surface area contributed by atoms with Crippen molar-refractivity contribution in [3.8, 4) is 12.3 Å². The number of allylic oxidation sites excluding steroid dienone is 1. The van der Waals surface area contributed by atoms with Gasteiger partial charge < -0.3 is 10.2 Å². The Morgan fingerprint density at radius 1 is 1.16 bits per heavy atom. The average molecular weight is 343 g/mol. The van der Waals surface area contributed by atoms with E-state index in [-0.39, 0.29) is 22.9 Å². The van der Waals surface area contributed by atoms with Gasteiger partial charge in [-0.1, -0.05) is 31.4 Å². The highest BCUT2D eigenvalue weighted by molar-refractivity contribution is 5.26. The molecule has 2 heteroatoms. The Morgan fingerprint density at radius 3 is 2.64 bits per heavy atom. The molecule has 0 radical (unpaired) electrons. The number of fused-ring (bicyclic) bond motifs is 5. The molecule has 4 aliphatic carbocycles. The molecule has 0 unspecified atom stereocenters. The summed E-state index contributed by atoms with van der Waals surface area (Å²) in [5.74, 6) is 5.06. The lowest BCUT2D eigenvalue weighted by molar-refractivity contribution is -0.0826. The SMILES string of the molecule is C#C[C@](C)(O)[C@H]1CC[C@H]2[C@@H]3CC=C4C[C@@H](O)CC[C@]4(C)[C@H]3CC[C@@]21C. The molecule has 0 heterocycles. The van der Waals surface area contributed by atoms with Crippen LogP contribution in [0.1, 0.15) is 72.1 Å². The maximum atomic E-state index is 10.8. The second kappa shape index (κ2) is 5.61. The van der Waals surface area contributed by atoms with Gasteiger partial charge in [0.05, 0.1) is 6.10 Å². The summed E-state index contributed by atoms with van der Waals surface area (Å²) in [5, 5.41) is 20.9. The Balaban J connectivity index is 1.66. The summed E-state index contributed by atoms with van der Waals surface area (Å²) < 4.78 is 0. The molecule has 2 N–H and O–H groups in total. The number of hydrogen-bond donors (Lipinski definition) is 2. The van der Waals surface area contributed by atoms with E-state index in [0.717, 1.165) is 43.9 Å². The second-order valence-electron chi connectivity index (χ2n) is 10.1. The van der Waals surface area contributed by atoms with Crippen LogP contribution in [-0.4, -0.2) is 21.9 Å². The van der Waals surface area contributed by atoms with Crippen LogP contribution in [0.25, 0.3) is 0 Å². The summed E-state index contributed by atoms with van der Waals surface area (Å²) in [7, 11) is 0. The van der Waals surface area contributed by atoms with Gasteiger partial charge in [0.1, 0.15) is 5.60 Å². The average Bonchev–Trinajstić information content (AvgIpc) is 2.93. The van der Waals surface area contributed by atoms with E-state index < -0.39 is 5.60 Å². The molecular formula is C23H34O2. The van der Waals surface area contributed by atoms with Crippen LogP contribution < -0.4 is 0 Å². The zero-order valence-electron chi connectivity index (χ0n) is 16.1. The lowest BCUT2D eigenvalue weighted by atomic mass is 9.47. The van der Waals surface area contributed by atoms with Crippen LogP contribution in [0.3, 0.4) is 0 Å². The molecule has 138 valence electrons. The van der Waals surface area contributed by atoms with Crippen LogP contribution in [0.15, 0.2) is 11.6 Å². The van der Waals surface area contributed by atoms with Gasteiger partial charge in [-0.15, -0.1) is 6.42 Å². The zero-order chi connectivity index (χ0) is 18.0. The van der Waals surface area contributed by atoms with Crippen molar-refractivity contribution in [3.63, 3.8) is 0 Å². The van der Waals surface area contributed by atoms with Gasteiger partial charge in [-0.25, -0.2) is 0 Å². The largest absolute Gasteiger partial charge is 0.393 e. The lowest BCUT2D eigenvalue weighted by Crippen LogP contribution is -2.52. The molecule has 4 aliphatic rings. The van der Waals surface area contributed by atoms with E-state index in [4.69, 9.17) is 6.42 Å². The van der Waals surface area contributed by atoms with E-state index >= 15 is 0 Å². The number of hydrogen-bond acceptors (Lipinski definition) is 2.